The highest BCUT2D eigenvalue weighted by molar-refractivity contribution is 9.10. The summed E-state index contributed by atoms with van der Waals surface area (Å²) in [4.78, 5) is 22.6. The van der Waals surface area contributed by atoms with Gasteiger partial charge in [-0.15, -0.1) is 0 Å². The van der Waals surface area contributed by atoms with Crippen molar-refractivity contribution in [1.29, 1.82) is 0 Å². The summed E-state index contributed by atoms with van der Waals surface area (Å²) in [6, 6.07) is 7.29. The molecule has 0 aliphatic heterocycles. The second-order valence-corrected chi connectivity index (χ2v) is 4.03. The third-order valence-electron chi connectivity index (χ3n) is 2.03. The zero-order chi connectivity index (χ0) is 10.7. The van der Waals surface area contributed by atoms with E-state index in [0.29, 0.717) is 0 Å². The molecule has 0 N–H and O–H groups in total. The lowest BCUT2D eigenvalue weighted by atomic mass is 9.92. The average Bonchev–Trinajstić information content (AvgIpc) is 2.07. The van der Waals surface area contributed by atoms with E-state index in [2.05, 4.69) is 15.9 Å². The van der Waals surface area contributed by atoms with Crippen LogP contribution in [0.25, 0.3) is 0 Å². The molecule has 0 spiro atoms. The maximum absolute atomic E-state index is 11.3. The molecule has 0 heterocycles. The summed E-state index contributed by atoms with van der Waals surface area (Å²) in [6.45, 7) is 2.87. The Morgan fingerprint density at radius 1 is 1.14 bits per heavy atom. The number of hydrogen-bond donors (Lipinski definition) is 0. The quantitative estimate of drug-likeness (QED) is 0.778. The highest BCUT2D eigenvalue weighted by Crippen LogP contribution is 2.26. The van der Waals surface area contributed by atoms with E-state index >= 15 is 0 Å². The van der Waals surface area contributed by atoms with Gasteiger partial charge >= 0.3 is 0 Å². The summed E-state index contributed by atoms with van der Waals surface area (Å²) in [5.41, 5.74) is 0.743. The first-order valence-electron chi connectivity index (χ1n) is 4.29. The molecule has 0 saturated heterocycles. The molecule has 0 aliphatic rings. The summed E-state index contributed by atoms with van der Waals surface area (Å²) in [6.07, 6.45) is 0. The van der Waals surface area contributed by atoms with Gasteiger partial charge in [-0.05, 0) is 25.5 Å². The Balaban J connectivity index is 3.18. The predicted molar refractivity (Wildman–Crippen MR) is 58.2 cm³/mol. The molecular formula is C11H11BrO2. The van der Waals surface area contributed by atoms with E-state index in [1.165, 1.54) is 13.8 Å². The first-order chi connectivity index (χ1) is 6.54. The van der Waals surface area contributed by atoms with Gasteiger partial charge in [0.05, 0.1) is 0 Å². The van der Waals surface area contributed by atoms with Gasteiger partial charge in [0.25, 0.3) is 0 Å². The molecule has 3 heteroatoms. The molecule has 0 atom stereocenters. The van der Waals surface area contributed by atoms with Gasteiger partial charge in [0.2, 0.25) is 0 Å². The van der Waals surface area contributed by atoms with E-state index < -0.39 is 5.92 Å². The van der Waals surface area contributed by atoms with Gasteiger partial charge in [0.1, 0.15) is 17.5 Å². The monoisotopic (exact) mass is 254 g/mol. The Morgan fingerprint density at radius 3 is 2.07 bits per heavy atom. The Hall–Kier alpha value is -0.960. The summed E-state index contributed by atoms with van der Waals surface area (Å²) in [5, 5.41) is 0. The van der Waals surface area contributed by atoms with E-state index in [1.54, 1.807) is 6.07 Å². The molecule has 1 rings (SSSR count). The molecule has 0 unspecified atom stereocenters. The van der Waals surface area contributed by atoms with Gasteiger partial charge in [-0.1, -0.05) is 34.1 Å². The summed E-state index contributed by atoms with van der Waals surface area (Å²) in [5.74, 6) is -0.876. The second-order valence-electron chi connectivity index (χ2n) is 3.18. The van der Waals surface area contributed by atoms with Crippen molar-refractivity contribution < 1.29 is 9.59 Å². The van der Waals surface area contributed by atoms with Crippen molar-refractivity contribution in [2.75, 3.05) is 0 Å². The fourth-order valence-corrected chi connectivity index (χ4v) is 1.95. The second kappa shape index (κ2) is 4.51. The number of ketones is 2. The number of hydrogen-bond acceptors (Lipinski definition) is 2. The minimum Gasteiger partial charge on any atom is -0.299 e. The molecule has 1 aromatic rings. The Morgan fingerprint density at radius 2 is 1.64 bits per heavy atom. The number of Topliss-reactive ketones (excluding diaryl/α,β-unsaturated/α-hetero) is 2. The molecule has 14 heavy (non-hydrogen) atoms. The Kier molecular flexibility index (Phi) is 3.58. The number of benzene rings is 1. The molecule has 0 fully saturated rings. The van der Waals surface area contributed by atoms with Crippen molar-refractivity contribution in [3.8, 4) is 0 Å². The molecule has 0 aliphatic carbocycles. The molecule has 0 radical (unpaired) electrons. The van der Waals surface area contributed by atoms with Crippen LogP contribution >= 0.6 is 15.9 Å². The van der Waals surface area contributed by atoms with E-state index in [9.17, 15) is 9.59 Å². The molecule has 2 nitrogen and oxygen atoms in total. The standard InChI is InChI=1S/C11H11BrO2/c1-7(13)11(8(2)14)9-5-3-4-6-10(9)12/h3-6,11H,1-2H3. The van der Waals surface area contributed by atoms with Crippen LogP contribution in [0.1, 0.15) is 25.3 Å². The van der Waals surface area contributed by atoms with Crippen LogP contribution in [0.4, 0.5) is 0 Å². The topological polar surface area (TPSA) is 34.1 Å². The van der Waals surface area contributed by atoms with Gasteiger partial charge in [0.15, 0.2) is 0 Å². The van der Waals surface area contributed by atoms with Crippen LogP contribution in [-0.2, 0) is 9.59 Å². The maximum atomic E-state index is 11.3. The number of carbonyl (C=O) groups is 2. The molecule has 1 aromatic carbocycles. The van der Waals surface area contributed by atoms with E-state index in [4.69, 9.17) is 0 Å². The first-order valence-corrected chi connectivity index (χ1v) is 5.08. The van der Waals surface area contributed by atoms with Crippen LogP contribution in [0, 0.1) is 0 Å². The Bertz CT molecular complexity index is 357. The number of carbonyl (C=O) groups excluding carboxylic acids is 2. The minimum atomic E-state index is -0.634. The first kappa shape index (κ1) is 11.1. The van der Waals surface area contributed by atoms with Crippen LogP contribution in [0.3, 0.4) is 0 Å². The van der Waals surface area contributed by atoms with Gasteiger partial charge in [0, 0.05) is 4.47 Å². The fourth-order valence-electron chi connectivity index (χ4n) is 1.43. The summed E-state index contributed by atoms with van der Waals surface area (Å²) >= 11 is 3.33. The molecule has 0 bridgehead atoms. The van der Waals surface area contributed by atoms with Crippen LogP contribution in [0.5, 0.6) is 0 Å². The molecule has 0 aromatic heterocycles. The zero-order valence-electron chi connectivity index (χ0n) is 8.08. The van der Waals surface area contributed by atoms with Crippen LogP contribution < -0.4 is 0 Å². The van der Waals surface area contributed by atoms with Crippen molar-refractivity contribution in [3.63, 3.8) is 0 Å². The molecule has 74 valence electrons. The maximum Gasteiger partial charge on any atom is 0.144 e. The normalized spacial score (nSPS) is 10.3. The largest absolute Gasteiger partial charge is 0.299 e. The Labute approximate surface area is 91.4 Å². The van der Waals surface area contributed by atoms with Gasteiger partial charge < -0.3 is 0 Å². The lowest BCUT2D eigenvalue weighted by Gasteiger charge is -2.11. The van der Waals surface area contributed by atoms with Crippen molar-refractivity contribution in [3.05, 3.63) is 34.3 Å². The highest BCUT2D eigenvalue weighted by Gasteiger charge is 2.23. The van der Waals surface area contributed by atoms with E-state index in [0.717, 1.165) is 10.0 Å². The van der Waals surface area contributed by atoms with Crippen molar-refractivity contribution in [2.24, 2.45) is 0 Å². The third kappa shape index (κ3) is 2.29. The van der Waals surface area contributed by atoms with Crippen LogP contribution in [0.2, 0.25) is 0 Å². The lowest BCUT2D eigenvalue weighted by Crippen LogP contribution is -2.17. The SMILES string of the molecule is CC(=O)C(C(C)=O)c1ccccc1Br. The van der Waals surface area contributed by atoms with Crippen molar-refractivity contribution in [2.45, 2.75) is 19.8 Å². The average molecular weight is 255 g/mol. The molecule has 0 amide bonds. The van der Waals surface area contributed by atoms with E-state index in [-0.39, 0.29) is 11.6 Å². The van der Waals surface area contributed by atoms with Gasteiger partial charge in [-0.2, -0.15) is 0 Å². The fraction of sp³-hybridized carbons (Fsp3) is 0.273. The molecular weight excluding hydrogens is 244 g/mol. The van der Waals surface area contributed by atoms with Crippen molar-refractivity contribution >= 4 is 27.5 Å². The highest BCUT2D eigenvalue weighted by atomic mass is 79.9. The van der Waals surface area contributed by atoms with Crippen LogP contribution in [-0.4, -0.2) is 11.6 Å². The predicted octanol–water partition coefficient (Wildman–Crippen LogP) is 2.71. The smallest absolute Gasteiger partial charge is 0.144 e. The van der Waals surface area contributed by atoms with Crippen LogP contribution in [0.15, 0.2) is 28.7 Å². The number of rotatable bonds is 3. The lowest BCUT2D eigenvalue weighted by molar-refractivity contribution is -0.126. The zero-order valence-corrected chi connectivity index (χ0v) is 9.67. The number of halogens is 1. The van der Waals surface area contributed by atoms with Gasteiger partial charge in [-0.3, -0.25) is 9.59 Å². The minimum absolute atomic E-state index is 0.121. The summed E-state index contributed by atoms with van der Waals surface area (Å²) < 4.78 is 0.801. The van der Waals surface area contributed by atoms with E-state index in [1.807, 2.05) is 18.2 Å². The van der Waals surface area contributed by atoms with Gasteiger partial charge in [-0.25, -0.2) is 0 Å². The summed E-state index contributed by atoms with van der Waals surface area (Å²) in [7, 11) is 0. The third-order valence-corrected chi connectivity index (χ3v) is 2.75. The van der Waals surface area contributed by atoms with Crippen molar-refractivity contribution in [1.82, 2.24) is 0 Å². The molecule has 0 saturated carbocycles.